The topological polar surface area (TPSA) is 25.8 Å². The molecule has 4 aromatic rings. The zero-order valence-corrected chi connectivity index (χ0v) is 12.0. The van der Waals surface area contributed by atoms with Gasteiger partial charge in [0.1, 0.15) is 0 Å². The Morgan fingerprint density at radius 3 is 2.00 bits per heavy atom. The first kappa shape index (κ1) is 12.7. The molecular weight excluding hydrogens is 268 g/mol. The largest absolute Gasteiger partial charge is 0.252 e. The van der Waals surface area contributed by atoms with Crippen molar-refractivity contribution in [2.24, 2.45) is 0 Å². The zero-order chi connectivity index (χ0) is 14.8. The summed E-state index contributed by atoms with van der Waals surface area (Å²) in [4.78, 5) is 9.30. The van der Waals surface area contributed by atoms with Gasteiger partial charge in [-0.15, -0.1) is 0 Å². The van der Waals surface area contributed by atoms with Crippen LogP contribution in [0.2, 0.25) is 0 Å². The van der Waals surface area contributed by atoms with Gasteiger partial charge in [0.15, 0.2) is 0 Å². The van der Waals surface area contributed by atoms with Crippen LogP contribution in [0.1, 0.15) is 0 Å². The van der Waals surface area contributed by atoms with Gasteiger partial charge in [-0.05, 0) is 23.3 Å². The molecule has 2 heteroatoms. The summed E-state index contributed by atoms with van der Waals surface area (Å²) in [5.74, 6) is 0. The summed E-state index contributed by atoms with van der Waals surface area (Å²) in [7, 11) is 0. The van der Waals surface area contributed by atoms with Crippen molar-refractivity contribution in [1.82, 2.24) is 9.97 Å². The number of benzene rings is 3. The van der Waals surface area contributed by atoms with Crippen LogP contribution in [0.3, 0.4) is 0 Å². The molecule has 0 saturated heterocycles. The molecule has 0 aliphatic heterocycles. The fourth-order valence-electron chi connectivity index (χ4n) is 2.66. The Morgan fingerprint density at radius 2 is 1.18 bits per heavy atom. The van der Waals surface area contributed by atoms with Crippen molar-refractivity contribution in [3.8, 4) is 22.4 Å². The summed E-state index contributed by atoms with van der Waals surface area (Å²) in [5, 5.41) is 0. The predicted octanol–water partition coefficient (Wildman–Crippen LogP) is 4.96. The number of para-hydroxylation sites is 2. The molecule has 0 radical (unpaired) electrons. The Kier molecular flexibility index (Phi) is 3.13. The molecule has 0 aliphatic carbocycles. The van der Waals surface area contributed by atoms with E-state index in [1.807, 2.05) is 42.6 Å². The number of fused-ring (bicyclic) bond motifs is 1. The van der Waals surface area contributed by atoms with Crippen LogP contribution in [0.25, 0.3) is 33.4 Å². The smallest absolute Gasteiger partial charge is 0.0899 e. The second kappa shape index (κ2) is 5.41. The van der Waals surface area contributed by atoms with E-state index in [0.717, 1.165) is 22.3 Å². The highest BCUT2D eigenvalue weighted by Crippen LogP contribution is 2.31. The zero-order valence-electron chi connectivity index (χ0n) is 12.0. The molecule has 0 amide bonds. The first-order chi connectivity index (χ1) is 10.9. The summed E-state index contributed by atoms with van der Waals surface area (Å²) in [5.41, 5.74) is 6.21. The van der Waals surface area contributed by atoms with Crippen LogP contribution in [-0.4, -0.2) is 9.97 Å². The molecule has 0 bridgehead atoms. The van der Waals surface area contributed by atoms with E-state index in [0.29, 0.717) is 0 Å². The van der Waals surface area contributed by atoms with E-state index < -0.39 is 0 Å². The van der Waals surface area contributed by atoms with Crippen molar-refractivity contribution in [2.45, 2.75) is 0 Å². The normalized spacial score (nSPS) is 10.7. The van der Waals surface area contributed by atoms with Gasteiger partial charge in [-0.1, -0.05) is 66.7 Å². The van der Waals surface area contributed by atoms with Crippen molar-refractivity contribution in [2.75, 3.05) is 0 Å². The highest BCUT2D eigenvalue weighted by atomic mass is 14.8. The Hall–Kier alpha value is -3.00. The maximum Gasteiger partial charge on any atom is 0.0899 e. The van der Waals surface area contributed by atoms with Crippen molar-refractivity contribution < 1.29 is 0 Å². The van der Waals surface area contributed by atoms with E-state index >= 15 is 0 Å². The van der Waals surface area contributed by atoms with Crippen LogP contribution in [0.5, 0.6) is 0 Å². The minimum Gasteiger partial charge on any atom is -0.252 e. The average molecular weight is 282 g/mol. The maximum absolute atomic E-state index is 4.77. The summed E-state index contributed by atoms with van der Waals surface area (Å²) in [6.07, 6.45) is 1.85. The first-order valence-corrected chi connectivity index (χ1v) is 7.28. The summed E-state index contributed by atoms with van der Waals surface area (Å²) in [6, 6.07) is 26.6. The van der Waals surface area contributed by atoms with E-state index in [1.54, 1.807) is 0 Å². The van der Waals surface area contributed by atoms with E-state index in [2.05, 4.69) is 47.4 Å². The van der Waals surface area contributed by atoms with E-state index in [4.69, 9.17) is 4.98 Å². The van der Waals surface area contributed by atoms with Gasteiger partial charge in [0.25, 0.3) is 0 Å². The van der Waals surface area contributed by atoms with Gasteiger partial charge in [-0.25, -0.2) is 4.98 Å². The number of nitrogens with zero attached hydrogens (tertiary/aromatic N) is 2. The molecular formula is C20H14N2. The summed E-state index contributed by atoms with van der Waals surface area (Å²) >= 11 is 0. The minimum absolute atomic E-state index is 0.901. The van der Waals surface area contributed by atoms with Crippen LogP contribution in [0, 0.1) is 0 Å². The Bertz CT molecular complexity index is 930. The lowest BCUT2D eigenvalue weighted by atomic mass is 9.98. The SMILES string of the molecule is c1ccc(-c2ccccc2-c2cnc3ccccc3n2)cc1. The van der Waals surface area contributed by atoms with Crippen LogP contribution < -0.4 is 0 Å². The van der Waals surface area contributed by atoms with Gasteiger partial charge < -0.3 is 0 Å². The maximum atomic E-state index is 4.77. The van der Waals surface area contributed by atoms with Gasteiger partial charge in [0.05, 0.1) is 22.9 Å². The lowest BCUT2D eigenvalue weighted by Crippen LogP contribution is -1.91. The molecule has 1 aromatic heterocycles. The third-order valence-corrected chi connectivity index (χ3v) is 3.74. The molecule has 0 saturated carbocycles. The van der Waals surface area contributed by atoms with Crippen LogP contribution in [-0.2, 0) is 0 Å². The molecule has 1 heterocycles. The van der Waals surface area contributed by atoms with Crippen molar-refractivity contribution >= 4 is 11.0 Å². The van der Waals surface area contributed by atoms with E-state index in [1.165, 1.54) is 11.1 Å². The molecule has 0 fully saturated rings. The average Bonchev–Trinajstić information content (AvgIpc) is 2.62. The van der Waals surface area contributed by atoms with Crippen molar-refractivity contribution in [1.29, 1.82) is 0 Å². The number of rotatable bonds is 2. The highest BCUT2D eigenvalue weighted by molar-refractivity contribution is 5.84. The third kappa shape index (κ3) is 2.25. The van der Waals surface area contributed by atoms with Gasteiger partial charge in [-0.3, -0.25) is 4.98 Å². The molecule has 0 spiro atoms. The molecule has 4 rings (SSSR count). The fourth-order valence-corrected chi connectivity index (χ4v) is 2.66. The molecule has 2 nitrogen and oxygen atoms in total. The summed E-state index contributed by atoms with van der Waals surface area (Å²) < 4.78 is 0. The van der Waals surface area contributed by atoms with Crippen LogP contribution in [0.4, 0.5) is 0 Å². The van der Waals surface area contributed by atoms with Crippen LogP contribution in [0.15, 0.2) is 85.1 Å². The Labute approximate surface area is 129 Å². The van der Waals surface area contributed by atoms with Crippen molar-refractivity contribution in [3.05, 3.63) is 85.1 Å². The Morgan fingerprint density at radius 1 is 0.545 bits per heavy atom. The standard InChI is InChI=1S/C20H14N2/c1-2-8-15(9-3-1)16-10-4-5-11-17(16)20-14-21-18-12-6-7-13-19(18)22-20/h1-14H. The molecule has 104 valence electrons. The highest BCUT2D eigenvalue weighted by Gasteiger charge is 2.08. The lowest BCUT2D eigenvalue weighted by Gasteiger charge is -2.09. The lowest BCUT2D eigenvalue weighted by molar-refractivity contribution is 1.29. The van der Waals surface area contributed by atoms with Gasteiger partial charge in [-0.2, -0.15) is 0 Å². The molecule has 0 N–H and O–H groups in total. The fraction of sp³-hybridized carbons (Fsp3) is 0. The van der Waals surface area contributed by atoms with E-state index in [-0.39, 0.29) is 0 Å². The van der Waals surface area contributed by atoms with Gasteiger partial charge in [0.2, 0.25) is 0 Å². The van der Waals surface area contributed by atoms with Gasteiger partial charge >= 0.3 is 0 Å². The molecule has 22 heavy (non-hydrogen) atoms. The van der Waals surface area contributed by atoms with Crippen LogP contribution >= 0.6 is 0 Å². The number of hydrogen-bond donors (Lipinski definition) is 0. The quantitative estimate of drug-likeness (QED) is 0.519. The molecule has 0 aliphatic rings. The Balaban J connectivity index is 1.92. The number of hydrogen-bond acceptors (Lipinski definition) is 2. The van der Waals surface area contributed by atoms with Gasteiger partial charge in [0, 0.05) is 5.56 Å². The second-order valence-corrected chi connectivity index (χ2v) is 5.16. The third-order valence-electron chi connectivity index (χ3n) is 3.74. The molecule has 0 unspecified atom stereocenters. The minimum atomic E-state index is 0.901. The van der Waals surface area contributed by atoms with E-state index in [9.17, 15) is 0 Å². The van der Waals surface area contributed by atoms with Crippen molar-refractivity contribution in [3.63, 3.8) is 0 Å². The molecule has 3 aromatic carbocycles. The molecule has 0 atom stereocenters. The second-order valence-electron chi connectivity index (χ2n) is 5.16. The number of aromatic nitrogens is 2. The monoisotopic (exact) mass is 282 g/mol. The summed E-state index contributed by atoms with van der Waals surface area (Å²) in [6.45, 7) is 0. The first-order valence-electron chi connectivity index (χ1n) is 7.28. The predicted molar refractivity (Wildman–Crippen MR) is 90.4 cm³/mol.